The highest BCUT2D eigenvalue weighted by Crippen LogP contribution is 2.27. The molecule has 90 valence electrons. The monoisotopic (exact) mass is 257 g/mol. The molecule has 0 amide bonds. The Bertz CT molecular complexity index is 731. The smallest absolute Gasteiger partial charge is 0.111 e. The van der Waals surface area contributed by atoms with Crippen LogP contribution in [-0.4, -0.2) is 9.55 Å². The Hall–Kier alpha value is -2.00. The first-order valence-electron chi connectivity index (χ1n) is 5.66. The average molecular weight is 258 g/mol. The van der Waals surface area contributed by atoms with Gasteiger partial charge in [-0.2, -0.15) is 0 Å². The summed E-state index contributed by atoms with van der Waals surface area (Å²) in [5, 5.41) is 0.705. The normalized spacial score (nSPS) is 11.0. The Kier molecular flexibility index (Phi) is 2.49. The molecule has 0 saturated carbocycles. The molecule has 4 heteroatoms. The van der Waals surface area contributed by atoms with Gasteiger partial charge in [-0.25, -0.2) is 4.98 Å². The van der Waals surface area contributed by atoms with E-state index in [4.69, 9.17) is 17.3 Å². The van der Waals surface area contributed by atoms with Gasteiger partial charge in [0.05, 0.1) is 21.7 Å². The van der Waals surface area contributed by atoms with E-state index in [1.807, 2.05) is 54.0 Å². The van der Waals surface area contributed by atoms with Crippen molar-refractivity contribution in [2.45, 2.75) is 6.92 Å². The van der Waals surface area contributed by atoms with Crippen molar-refractivity contribution in [1.82, 2.24) is 9.55 Å². The van der Waals surface area contributed by atoms with Gasteiger partial charge in [0.2, 0.25) is 0 Å². The molecule has 0 aliphatic rings. The number of nitrogens with two attached hydrogens (primary N) is 1. The van der Waals surface area contributed by atoms with E-state index >= 15 is 0 Å². The highest BCUT2D eigenvalue weighted by molar-refractivity contribution is 6.32. The van der Waals surface area contributed by atoms with E-state index in [2.05, 4.69) is 4.98 Å². The third-order valence-electron chi connectivity index (χ3n) is 2.94. The van der Waals surface area contributed by atoms with Crippen LogP contribution in [0.15, 0.2) is 42.5 Å². The predicted molar refractivity (Wildman–Crippen MR) is 75.2 cm³/mol. The van der Waals surface area contributed by atoms with Crippen LogP contribution in [0.5, 0.6) is 0 Å². The molecule has 3 nitrogen and oxygen atoms in total. The van der Waals surface area contributed by atoms with E-state index in [-0.39, 0.29) is 0 Å². The van der Waals surface area contributed by atoms with E-state index in [1.165, 1.54) is 0 Å². The lowest BCUT2D eigenvalue weighted by atomic mass is 10.2. The summed E-state index contributed by atoms with van der Waals surface area (Å²) < 4.78 is 2.04. The van der Waals surface area contributed by atoms with Crippen LogP contribution in [0.2, 0.25) is 5.02 Å². The highest BCUT2D eigenvalue weighted by atomic mass is 35.5. The summed E-state index contributed by atoms with van der Waals surface area (Å²) in [6, 6.07) is 13.4. The van der Waals surface area contributed by atoms with Gasteiger partial charge in [0, 0.05) is 5.69 Å². The minimum Gasteiger partial charge on any atom is -0.399 e. The van der Waals surface area contributed by atoms with Crippen LogP contribution < -0.4 is 5.73 Å². The molecule has 0 atom stereocenters. The van der Waals surface area contributed by atoms with Crippen molar-refractivity contribution >= 4 is 28.3 Å². The molecule has 3 aromatic rings. The molecule has 0 saturated heterocycles. The molecule has 0 spiro atoms. The number of rotatable bonds is 1. The van der Waals surface area contributed by atoms with Crippen molar-refractivity contribution < 1.29 is 0 Å². The number of halogens is 1. The summed E-state index contributed by atoms with van der Waals surface area (Å²) in [7, 11) is 0. The lowest BCUT2D eigenvalue weighted by Gasteiger charge is -2.08. The zero-order chi connectivity index (χ0) is 12.7. The topological polar surface area (TPSA) is 43.8 Å². The Morgan fingerprint density at radius 3 is 2.72 bits per heavy atom. The molecule has 0 fully saturated rings. The number of fused-ring (bicyclic) bond motifs is 1. The Balaban J connectivity index is 2.36. The van der Waals surface area contributed by atoms with Crippen molar-refractivity contribution in [3.05, 3.63) is 53.3 Å². The number of aryl methyl sites for hydroxylation is 1. The van der Waals surface area contributed by atoms with Crippen molar-refractivity contribution in [3.8, 4) is 5.69 Å². The summed E-state index contributed by atoms with van der Waals surface area (Å²) in [6.45, 7) is 1.96. The van der Waals surface area contributed by atoms with Crippen LogP contribution in [-0.2, 0) is 0 Å². The van der Waals surface area contributed by atoms with Gasteiger partial charge >= 0.3 is 0 Å². The van der Waals surface area contributed by atoms with Crippen molar-refractivity contribution in [2.75, 3.05) is 5.73 Å². The maximum absolute atomic E-state index is 6.25. The minimum absolute atomic E-state index is 0.705. The van der Waals surface area contributed by atoms with E-state index in [1.54, 1.807) is 0 Å². The first-order valence-corrected chi connectivity index (χ1v) is 6.04. The van der Waals surface area contributed by atoms with Gasteiger partial charge in [-0.15, -0.1) is 0 Å². The van der Waals surface area contributed by atoms with E-state index in [0.29, 0.717) is 10.7 Å². The Morgan fingerprint density at radius 2 is 1.94 bits per heavy atom. The van der Waals surface area contributed by atoms with Gasteiger partial charge in [-0.1, -0.05) is 23.7 Å². The van der Waals surface area contributed by atoms with Crippen molar-refractivity contribution in [3.63, 3.8) is 0 Å². The van der Waals surface area contributed by atoms with Gasteiger partial charge in [0.1, 0.15) is 5.82 Å². The van der Waals surface area contributed by atoms with E-state index in [9.17, 15) is 0 Å². The zero-order valence-corrected chi connectivity index (χ0v) is 10.6. The molecular formula is C14H12ClN3. The maximum Gasteiger partial charge on any atom is 0.111 e. The number of benzene rings is 2. The predicted octanol–water partition coefficient (Wildman–Crippen LogP) is 3.57. The number of anilines is 1. The molecule has 0 aliphatic carbocycles. The molecule has 1 aromatic heterocycles. The van der Waals surface area contributed by atoms with Crippen LogP contribution in [0.25, 0.3) is 16.7 Å². The quantitative estimate of drug-likeness (QED) is 0.678. The number of para-hydroxylation sites is 1. The molecule has 0 aliphatic heterocycles. The van der Waals surface area contributed by atoms with Crippen LogP contribution >= 0.6 is 11.6 Å². The molecular weight excluding hydrogens is 246 g/mol. The Morgan fingerprint density at radius 1 is 1.17 bits per heavy atom. The fraction of sp³-hybridized carbons (Fsp3) is 0.0714. The molecule has 2 N–H and O–H groups in total. The second-order valence-corrected chi connectivity index (χ2v) is 4.60. The van der Waals surface area contributed by atoms with Crippen LogP contribution in [0.1, 0.15) is 5.82 Å². The minimum atomic E-state index is 0.705. The van der Waals surface area contributed by atoms with Gasteiger partial charge < -0.3 is 5.73 Å². The Labute approximate surface area is 110 Å². The third-order valence-corrected chi connectivity index (χ3v) is 3.26. The highest BCUT2D eigenvalue weighted by Gasteiger charge is 2.11. The summed E-state index contributed by atoms with van der Waals surface area (Å²) in [5.41, 5.74) is 9.32. The fourth-order valence-corrected chi connectivity index (χ4v) is 2.38. The average Bonchev–Trinajstić information content (AvgIpc) is 2.65. The third kappa shape index (κ3) is 1.64. The van der Waals surface area contributed by atoms with Gasteiger partial charge in [0.15, 0.2) is 0 Å². The molecule has 18 heavy (non-hydrogen) atoms. The van der Waals surface area contributed by atoms with Gasteiger partial charge in [0.25, 0.3) is 0 Å². The number of hydrogen-bond acceptors (Lipinski definition) is 2. The van der Waals surface area contributed by atoms with Crippen molar-refractivity contribution in [2.24, 2.45) is 0 Å². The number of nitrogen functional groups attached to an aromatic ring is 1. The second kappa shape index (κ2) is 4.03. The first-order chi connectivity index (χ1) is 8.66. The lowest BCUT2D eigenvalue weighted by Crippen LogP contribution is -1.97. The standard InChI is InChI=1S/C14H12ClN3/c1-9-17-12-8-10(16)6-7-14(12)18(9)13-5-3-2-4-11(13)15/h2-8H,16H2,1H3. The summed E-state index contributed by atoms with van der Waals surface area (Å²) in [4.78, 5) is 4.52. The number of imidazole rings is 1. The summed E-state index contributed by atoms with van der Waals surface area (Å²) in [5.74, 6) is 0.892. The van der Waals surface area contributed by atoms with Crippen LogP contribution in [0.4, 0.5) is 5.69 Å². The van der Waals surface area contributed by atoms with Crippen LogP contribution in [0.3, 0.4) is 0 Å². The first kappa shape index (κ1) is 11.1. The van der Waals surface area contributed by atoms with Gasteiger partial charge in [-0.3, -0.25) is 4.57 Å². The van der Waals surface area contributed by atoms with Crippen LogP contribution in [0, 0.1) is 6.92 Å². The largest absolute Gasteiger partial charge is 0.399 e. The molecule has 1 heterocycles. The lowest BCUT2D eigenvalue weighted by molar-refractivity contribution is 1.00. The van der Waals surface area contributed by atoms with E-state index in [0.717, 1.165) is 22.5 Å². The maximum atomic E-state index is 6.25. The van der Waals surface area contributed by atoms with Gasteiger partial charge in [-0.05, 0) is 37.3 Å². The van der Waals surface area contributed by atoms with Crippen molar-refractivity contribution in [1.29, 1.82) is 0 Å². The second-order valence-electron chi connectivity index (χ2n) is 4.19. The molecule has 0 unspecified atom stereocenters. The molecule has 0 radical (unpaired) electrons. The fourth-order valence-electron chi connectivity index (χ4n) is 2.15. The number of hydrogen-bond donors (Lipinski definition) is 1. The SMILES string of the molecule is Cc1nc2cc(N)ccc2n1-c1ccccc1Cl. The number of nitrogens with zero attached hydrogens (tertiary/aromatic N) is 2. The summed E-state index contributed by atoms with van der Waals surface area (Å²) >= 11 is 6.25. The summed E-state index contributed by atoms with van der Waals surface area (Å²) in [6.07, 6.45) is 0. The van der Waals surface area contributed by atoms with E-state index < -0.39 is 0 Å². The molecule has 2 aromatic carbocycles. The number of aromatic nitrogens is 2. The molecule has 0 bridgehead atoms. The molecule has 3 rings (SSSR count). The zero-order valence-electron chi connectivity index (χ0n) is 9.89.